The normalized spacial score (nSPS) is 13.4. The largest absolute Gasteiger partial charge is 0.394 e. The Kier molecular flexibility index (Phi) is 7.72. The summed E-state index contributed by atoms with van der Waals surface area (Å²) in [5.41, 5.74) is 10.5. The lowest BCUT2D eigenvalue weighted by Gasteiger charge is -2.21. The van der Waals surface area contributed by atoms with Gasteiger partial charge in [-0.25, -0.2) is 0 Å². The summed E-state index contributed by atoms with van der Waals surface area (Å²) < 4.78 is 5.61. The van der Waals surface area contributed by atoms with Crippen molar-refractivity contribution in [3.05, 3.63) is 70.3 Å². The van der Waals surface area contributed by atoms with Crippen LogP contribution >= 0.6 is 0 Å². The third kappa shape index (κ3) is 6.90. The minimum atomic E-state index is -0.735. The smallest absolute Gasteiger partial charge is 0.162 e. The van der Waals surface area contributed by atoms with Gasteiger partial charge >= 0.3 is 0 Å². The number of rotatable bonds is 10. The van der Waals surface area contributed by atoms with Crippen LogP contribution in [0.15, 0.2) is 42.5 Å². The molecule has 0 aliphatic heterocycles. The maximum absolute atomic E-state index is 12.5. The van der Waals surface area contributed by atoms with Gasteiger partial charge in [0.05, 0.1) is 25.4 Å². The average molecular weight is 370 g/mol. The highest BCUT2D eigenvalue weighted by molar-refractivity contribution is 5.96. The topological polar surface area (TPSA) is 72.5 Å². The predicted octanol–water partition coefficient (Wildman–Crippen LogP) is 3.74. The van der Waals surface area contributed by atoms with E-state index in [1.165, 1.54) is 11.1 Å². The Morgan fingerprint density at radius 1 is 1.15 bits per heavy atom. The van der Waals surface area contributed by atoms with Crippen LogP contribution in [0.25, 0.3) is 0 Å². The first-order chi connectivity index (χ1) is 12.8. The van der Waals surface area contributed by atoms with E-state index in [-0.39, 0.29) is 19.0 Å². The summed E-state index contributed by atoms with van der Waals surface area (Å²) in [6.07, 6.45) is 2.31. The van der Waals surface area contributed by atoms with Crippen molar-refractivity contribution in [3.63, 3.8) is 0 Å². The summed E-state index contributed by atoms with van der Waals surface area (Å²) in [6, 6.07) is 14.2. The Hall–Kier alpha value is -2.01. The number of aliphatic hydroxyl groups excluding tert-OH is 1. The molecule has 0 aliphatic carbocycles. The van der Waals surface area contributed by atoms with Crippen molar-refractivity contribution in [1.29, 1.82) is 0 Å². The Morgan fingerprint density at radius 3 is 2.48 bits per heavy atom. The number of nitrogens with two attached hydrogens (primary N) is 1. The second-order valence-electron chi connectivity index (χ2n) is 7.71. The molecule has 0 saturated heterocycles. The van der Waals surface area contributed by atoms with Crippen LogP contribution in [0.5, 0.6) is 0 Å². The Morgan fingerprint density at radius 2 is 1.85 bits per heavy atom. The van der Waals surface area contributed by atoms with Crippen molar-refractivity contribution in [2.24, 2.45) is 5.73 Å². The second-order valence-corrected chi connectivity index (χ2v) is 7.71. The molecule has 1 atom stereocenters. The summed E-state index contributed by atoms with van der Waals surface area (Å²) >= 11 is 0. The minimum Gasteiger partial charge on any atom is -0.394 e. The zero-order chi connectivity index (χ0) is 19.9. The summed E-state index contributed by atoms with van der Waals surface area (Å²) in [5.74, 6) is 0.174. The van der Waals surface area contributed by atoms with Gasteiger partial charge in [0.2, 0.25) is 0 Å². The quantitative estimate of drug-likeness (QED) is 0.626. The van der Waals surface area contributed by atoms with Crippen molar-refractivity contribution < 1.29 is 14.6 Å². The van der Waals surface area contributed by atoms with E-state index in [9.17, 15) is 4.79 Å². The van der Waals surface area contributed by atoms with Gasteiger partial charge in [-0.1, -0.05) is 42.0 Å². The fourth-order valence-electron chi connectivity index (χ4n) is 2.82. The van der Waals surface area contributed by atoms with Gasteiger partial charge in [0, 0.05) is 12.0 Å². The molecule has 0 unspecified atom stereocenters. The van der Waals surface area contributed by atoms with E-state index in [0.29, 0.717) is 13.0 Å². The zero-order valence-corrected chi connectivity index (χ0v) is 16.6. The number of hydrogen-bond donors (Lipinski definition) is 2. The molecule has 3 N–H and O–H groups in total. The Bertz CT molecular complexity index is 751. The molecule has 0 aromatic heterocycles. The summed E-state index contributed by atoms with van der Waals surface area (Å²) in [6.45, 7) is 6.38. The number of aryl methyl sites for hydroxylation is 3. The van der Waals surface area contributed by atoms with Gasteiger partial charge in [-0.2, -0.15) is 0 Å². The summed E-state index contributed by atoms with van der Waals surface area (Å²) in [5, 5.41) is 9.16. The third-order valence-corrected chi connectivity index (χ3v) is 4.71. The molecule has 0 radical (unpaired) electrons. The number of Topliss-reactive ketones (excluding diaryl/α,β-unsaturated/α-hetero) is 1. The molecule has 4 heteroatoms. The molecule has 2 rings (SSSR count). The lowest BCUT2D eigenvalue weighted by molar-refractivity contribution is 0.0533. The molecule has 0 heterocycles. The first kappa shape index (κ1) is 21.3. The highest BCUT2D eigenvalue weighted by Gasteiger charge is 2.17. The highest BCUT2D eigenvalue weighted by atomic mass is 16.5. The van der Waals surface area contributed by atoms with Gasteiger partial charge in [0.25, 0.3) is 0 Å². The molecular weight excluding hydrogens is 338 g/mol. The fraction of sp³-hybridized carbons (Fsp3) is 0.435. The molecule has 0 amide bonds. The first-order valence-electron chi connectivity index (χ1n) is 9.46. The van der Waals surface area contributed by atoms with Crippen molar-refractivity contribution in [1.82, 2.24) is 0 Å². The first-order valence-corrected chi connectivity index (χ1v) is 9.46. The number of aliphatic hydroxyl groups is 1. The molecule has 0 spiro atoms. The Balaban J connectivity index is 1.84. The summed E-state index contributed by atoms with van der Waals surface area (Å²) in [7, 11) is 0. The van der Waals surface area contributed by atoms with Crippen LogP contribution in [0.2, 0.25) is 0 Å². The van der Waals surface area contributed by atoms with Gasteiger partial charge in [0.15, 0.2) is 5.78 Å². The minimum absolute atomic E-state index is 0.123. The van der Waals surface area contributed by atoms with Crippen LogP contribution in [0.3, 0.4) is 0 Å². The molecule has 2 aromatic rings. The van der Waals surface area contributed by atoms with Crippen molar-refractivity contribution in [2.75, 3.05) is 13.2 Å². The van der Waals surface area contributed by atoms with E-state index < -0.39 is 5.54 Å². The van der Waals surface area contributed by atoms with Crippen LogP contribution in [0.4, 0.5) is 0 Å². The Labute approximate surface area is 162 Å². The molecular formula is C23H31NO3. The van der Waals surface area contributed by atoms with E-state index in [1.54, 1.807) is 6.92 Å². The molecule has 146 valence electrons. The maximum Gasteiger partial charge on any atom is 0.162 e. The number of benzene rings is 2. The maximum atomic E-state index is 12.5. The fourth-order valence-corrected chi connectivity index (χ4v) is 2.82. The third-order valence-electron chi connectivity index (χ3n) is 4.71. The van der Waals surface area contributed by atoms with Crippen LogP contribution in [-0.4, -0.2) is 29.6 Å². The SMILES string of the molecule is Cc1ccc(CCCC(=O)c2ccc(COC[C@@](C)(N)CO)c(C)c2)cc1. The lowest BCUT2D eigenvalue weighted by Crippen LogP contribution is -2.44. The van der Waals surface area contributed by atoms with E-state index >= 15 is 0 Å². The van der Waals surface area contributed by atoms with Crippen molar-refractivity contribution >= 4 is 5.78 Å². The van der Waals surface area contributed by atoms with Crippen LogP contribution in [-0.2, 0) is 17.8 Å². The standard InChI is InChI=1S/C23H31NO3/c1-17-7-9-19(10-8-17)5-4-6-22(26)20-11-12-21(18(2)13-20)14-27-16-23(3,24)15-25/h7-13,25H,4-6,14-16,24H2,1-3H3/t23-/m0/s1. The van der Waals surface area contributed by atoms with Gasteiger partial charge in [-0.15, -0.1) is 0 Å². The highest BCUT2D eigenvalue weighted by Crippen LogP contribution is 2.16. The van der Waals surface area contributed by atoms with E-state index in [4.69, 9.17) is 15.6 Å². The van der Waals surface area contributed by atoms with Crippen LogP contribution in [0.1, 0.15) is 52.4 Å². The number of carbonyl (C=O) groups is 1. The average Bonchev–Trinajstić information content (AvgIpc) is 2.64. The van der Waals surface area contributed by atoms with Gasteiger partial charge in [0.1, 0.15) is 0 Å². The van der Waals surface area contributed by atoms with Gasteiger partial charge in [-0.05, 0) is 56.4 Å². The number of ether oxygens (including phenoxy) is 1. The van der Waals surface area contributed by atoms with Crippen molar-refractivity contribution in [2.45, 2.75) is 52.2 Å². The number of hydrogen-bond acceptors (Lipinski definition) is 4. The van der Waals surface area contributed by atoms with Crippen LogP contribution in [0, 0.1) is 13.8 Å². The molecule has 0 saturated carbocycles. The molecule has 0 bridgehead atoms. The molecule has 0 fully saturated rings. The van der Waals surface area contributed by atoms with E-state index in [1.807, 2.05) is 25.1 Å². The van der Waals surface area contributed by atoms with Gasteiger partial charge < -0.3 is 15.6 Å². The van der Waals surface area contributed by atoms with Crippen LogP contribution < -0.4 is 5.73 Å². The summed E-state index contributed by atoms with van der Waals surface area (Å²) in [4.78, 5) is 12.5. The second kappa shape index (κ2) is 9.79. The van der Waals surface area contributed by atoms with Crippen molar-refractivity contribution in [3.8, 4) is 0 Å². The number of carbonyl (C=O) groups excluding carboxylic acids is 1. The molecule has 27 heavy (non-hydrogen) atoms. The monoisotopic (exact) mass is 369 g/mol. The molecule has 0 aliphatic rings. The molecule has 2 aromatic carbocycles. The molecule has 4 nitrogen and oxygen atoms in total. The number of ketones is 1. The predicted molar refractivity (Wildman–Crippen MR) is 109 cm³/mol. The van der Waals surface area contributed by atoms with E-state index in [2.05, 4.69) is 31.2 Å². The van der Waals surface area contributed by atoms with E-state index in [0.717, 1.165) is 29.5 Å². The van der Waals surface area contributed by atoms with Gasteiger partial charge in [-0.3, -0.25) is 4.79 Å². The lowest BCUT2D eigenvalue weighted by atomic mass is 9.99. The zero-order valence-electron chi connectivity index (χ0n) is 16.6.